The highest BCUT2D eigenvalue weighted by molar-refractivity contribution is 5.88. The maximum atomic E-state index is 10.7. The number of non-ortho nitro benzene ring substituents is 1. The molecule has 0 spiro atoms. The molecular weight excluding hydrogens is 260 g/mol. The minimum Gasteiger partial charge on any atom is -0.478 e. The zero-order chi connectivity index (χ0) is 14.7. The predicted molar refractivity (Wildman–Crippen MR) is 74.5 cm³/mol. The van der Waals surface area contributed by atoms with Gasteiger partial charge in [0.25, 0.3) is 5.69 Å². The Hall–Kier alpha value is -2.89. The molecule has 0 unspecified atom stereocenters. The molecule has 6 heteroatoms. The first-order valence-corrected chi connectivity index (χ1v) is 5.83. The number of nitrogens with zero attached hydrogens (tertiary/aromatic N) is 1. The summed E-state index contributed by atoms with van der Waals surface area (Å²) < 4.78 is 0. The summed E-state index contributed by atoms with van der Waals surface area (Å²) in [6.07, 6.45) is 0. The van der Waals surface area contributed by atoms with Crippen molar-refractivity contribution in [3.05, 3.63) is 63.7 Å². The van der Waals surface area contributed by atoms with Gasteiger partial charge in [0.1, 0.15) is 0 Å². The van der Waals surface area contributed by atoms with Crippen LogP contribution in [0.25, 0.3) is 0 Å². The van der Waals surface area contributed by atoms with Crippen molar-refractivity contribution >= 4 is 23.0 Å². The van der Waals surface area contributed by atoms with Crippen LogP contribution in [-0.4, -0.2) is 16.0 Å². The Balaban J connectivity index is 2.21. The van der Waals surface area contributed by atoms with E-state index in [2.05, 4.69) is 5.32 Å². The molecule has 102 valence electrons. The first-order chi connectivity index (χ1) is 9.47. The molecule has 0 aliphatic carbocycles. The molecule has 0 aliphatic heterocycles. The summed E-state index contributed by atoms with van der Waals surface area (Å²) in [4.78, 5) is 20.9. The molecule has 0 atom stereocenters. The fourth-order valence-electron chi connectivity index (χ4n) is 1.75. The maximum Gasteiger partial charge on any atom is 0.335 e. The van der Waals surface area contributed by atoms with E-state index in [0.29, 0.717) is 5.69 Å². The topological polar surface area (TPSA) is 92.5 Å². The average molecular weight is 272 g/mol. The van der Waals surface area contributed by atoms with E-state index < -0.39 is 10.9 Å². The van der Waals surface area contributed by atoms with E-state index in [1.807, 2.05) is 0 Å². The lowest BCUT2D eigenvalue weighted by molar-refractivity contribution is -0.384. The third-order valence-electron chi connectivity index (χ3n) is 2.83. The average Bonchev–Trinajstić information content (AvgIpc) is 2.41. The van der Waals surface area contributed by atoms with Gasteiger partial charge < -0.3 is 10.4 Å². The molecule has 2 aromatic carbocycles. The molecule has 0 fully saturated rings. The predicted octanol–water partition coefficient (Wildman–Crippen LogP) is 3.35. The number of nitrogens with one attached hydrogen (secondary N) is 1. The molecule has 6 nitrogen and oxygen atoms in total. The van der Waals surface area contributed by atoms with Gasteiger partial charge in [0.2, 0.25) is 0 Å². The normalized spacial score (nSPS) is 10.1. The summed E-state index contributed by atoms with van der Waals surface area (Å²) in [5.74, 6) is -0.983. The van der Waals surface area contributed by atoms with Gasteiger partial charge in [0.15, 0.2) is 0 Å². The molecule has 0 radical (unpaired) electrons. The quantitative estimate of drug-likeness (QED) is 0.657. The summed E-state index contributed by atoms with van der Waals surface area (Å²) in [6.45, 7) is 1.76. The standard InChI is InChI=1S/C14H12N2O4/c1-9-8-12(16(19)20)6-7-13(9)15-11-4-2-10(3-5-11)14(17)18/h2-8,15H,1H3,(H,17,18). The minimum atomic E-state index is -0.983. The highest BCUT2D eigenvalue weighted by atomic mass is 16.6. The molecule has 2 aromatic rings. The second-order valence-electron chi connectivity index (χ2n) is 4.26. The van der Waals surface area contributed by atoms with Crippen LogP contribution in [0.3, 0.4) is 0 Å². The SMILES string of the molecule is Cc1cc([N+](=O)[O-])ccc1Nc1ccc(C(=O)O)cc1. The lowest BCUT2D eigenvalue weighted by Gasteiger charge is -2.09. The van der Waals surface area contributed by atoms with E-state index in [0.717, 1.165) is 11.3 Å². The number of aryl methyl sites for hydroxylation is 1. The van der Waals surface area contributed by atoms with Crippen LogP contribution >= 0.6 is 0 Å². The second-order valence-corrected chi connectivity index (χ2v) is 4.26. The molecule has 2 N–H and O–H groups in total. The smallest absolute Gasteiger partial charge is 0.335 e. The molecular formula is C14H12N2O4. The Morgan fingerprint density at radius 1 is 1.20 bits per heavy atom. The van der Waals surface area contributed by atoms with E-state index >= 15 is 0 Å². The highest BCUT2D eigenvalue weighted by Gasteiger charge is 2.08. The Morgan fingerprint density at radius 3 is 2.35 bits per heavy atom. The van der Waals surface area contributed by atoms with Gasteiger partial charge in [0.05, 0.1) is 10.5 Å². The van der Waals surface area contributed by atoms with Gasteiger partial charge >= 0.3 is 5.97 Å². The number of rotatable bonds is 4. The van der Waals surface area contributed by atoms with Crippen molar-refractivity contribution in [3.63, 3.8) is 0 Å². The number of carboxylic acids is 1. The number of carboxylic acid groups (broad SMARTS) is 1. The van der Waals surface area contributed by atoms with Crippen LogP contribution in [0.15, 0.2) is 42.5 Å². The van der Waals surface area contributed by atoms with Gasteiger partial charge in [-0.1, -0.05) is 0 Å². The number of hydrogen-bond acceptors (Lipinski definition) is 4. The van der Waals surface area contributed by atoms with Gasteiger partial charge in [0, 0.05) is 23.5 Å². The van der Waals surface area contributed by atoms with Crippen molar-refractivity contribution in [2.45, 2.75) is 6.92 Å². The van der Waals surface area contributed by atoms with Crippen LogP contribution in [0.1, 0.15) is 15.9 Å². The Morgan fingerprint density at radius 2 is 1.85 bits per heavy atom. The van der Waals surface area contributed by atoms with E-state index in [1.165, 1.54) is 24.3 Å². The Kier molecular flexibility index (Phi) is 3.65. The van der Waals surface area contributed by atoms with Gasteiger partial charge in [-0.25, -0.2) is 4.79 Å². The zero-order valence-corrected chi connectivity index (χ0v) is 10.7. The van der Waals surface area contributed by atoms with Gasteiger partial charge in [-0.05, 0) is 42.8 Å². The summed E-state index contributed by atoms with van der Waals surface area (Å²) in [7, 11) is 0. The number of anilines is 2. The molecule has 0 saturated carbocycles. The van der Waals surface area contributed by atoms with Crippen molar-refractivity contribution in [2.75, 3.05) is 5.32 Å². The third kappa shape index (κ3) is 2.92. The maximum absolute atomic E-state index is 10.7. The van der Waals surface area contributed by atoms with Crippen LogP contribution < -0.4 is 5.32 Å². The van der Waals surface area contributed by atoms with Crippen LogP contribution in [-0.2, 0) is 0 Å². The van der Waals surface area contributed by atoms with Crippen molar-refractivity contribution in [2.24, 2.45) is 0 Å². The molecule has 0 aromatic heterocycles. The van der Waals surface area contributed by atoms with E-state index in [-0.39, 0.29) is 11.3 Å². The minimum absolute atomic E-state index is 0.0364. The molecule has 0 saturated heterocycles. The molecule has 0 heterocycles. The number of nitro groups is 1. The molecule has 0 bridgehead atoms. The van der Waals surface area contributed by atoms with Crippen LogP contribution in [0.4, 0.5) is 17.1 Å². The van der Waals surface area contributed by atoms with Crippen LogP contribution in [0, 0.1) is 17.0 Å². The number of nitro benzene ring substituents is 1. The fraction of sp³-hybridized carbons (Fsp3) is 0.0714. The lowest BCUT2D eigenvalue weighted by Crippen LogP contribution is -1.98. The van der Waals surface area contributed by atoms with Gasteiger partial charge in [-0.3, -0.25) is 10.1 Å². The number of carbonyl (C=O) groups is 1. The summed E-state index contributed by atoms with van der Waals surface area (Å²) in [5, 5.41) is 22.6. The Labute approximate surface area is 114 Å². The second kappa shape index (κ2) is 5.40. The summed E-state index contributed by atoms with van der Waals surface area (Å²) in [5.41, 5.74) is 2.43. The summed E-state index contributed by atoms with van der Waals surface area (Å²) in [6, 6.07) is 10.8. The number of benzene rings is 2. The zero-order valence-electron chi connectivity index (χ0n) is 10.7. The van der Waals surface area contributed by atoms with E-state index in [1.54, 1.807) is 25.1 Å². The molecule has 20 heavy (non-hydrogen) atoms. The van der Waals surface area contributed by atoms with Crippen molar-refractivity contribution in [1.82, 2.24) is 0 Å². The molecule has 2 rings (SSSR count). The van der Waals surface area contributed by atoms with Crippen molar-refractivity contribution in [3.8, 4) is 0 Å². The first kappa shape index (κ1) is 13.5. The van der Waals surface area contributed by atoms with Gasteiger partial charge in [-0.15, -0.1) is 0 Å². The van der Waals surface area contributed by atoms with E-state index in [4.69, 9.17) is 5.11 Å². The molecule has 0 amide bonds. The first-order valence-electron chi connectivity index (χ1n) is 5.83. The van der Waals surface area contributed by atoms with Crippen molar-refractivity contribution in [1.29, 1.82) is 0 Å². The number of hydrogen-bond donors (Lipinski definition) is 2. The summed E-state index contributed by atoms with van der Waals surface area (Å²) >= 11 is 0. The van der Waals surface area contributed by atoms with E-state index in [9.17, 15) is 14.9 Å². The fourth-order valence-corrected chi connectivity index (χ4v) is 1.75. The number of aromatic carboxylic acids is 1. The Bertz CT molecular complexity index is 665. The highest BCUT2D eigenvalue weighted by Crippen LogP contribution is 2.24. The molecule has 0 aliphatic rings. The third-order valence-corrected chi connectivity index (χ3v) is 2.83. The largest absolute Gasteiger partial charge is 0.478 e. The van der Waals surface area contributed by atoms with Crippen molar-refractivity contribution < 1.29 is 14.8 Å². The van der Waals surface area contributed by atoms with Crippen LogP contribution in [0.5, 0.6) is 0 Å². The van der Waals surface area contributed by atoms with Crippen LogP contribution in [0.2, 0.25) is 0 Å². The monoisotopic (exact) mass is 272 g/mol. The van der Waals surface area contributed by atoms with Gasteiger partial charge in [-0.2, -0.15) is 0 Å². The lowest BCUT2D eigenvalue weighted by atomic mass is 10.1.